The van der Waals surface area contributed by atoms with Gasteiger partial charge in [0, 0.05) is 89.1 Å². The number of hydrogen-bond donors (Lipinski definition) is 5. The fourth-order valence-electron chi connectivity index (χ4n) is 7.89. The van der Waals surface area contributed by atoms with Gasteiger partial charge >= 0.3 is 17.9 Å². The van der Waals surface area contributed by atoms with E-state index in [2.05, 4.69) is 16.0 Å². The summed E-state index contributed by atoms with van der Waals surface area (Å²) in [6, 6.07) is 5.73. The van der Waals surface area contributed by atoms with Gasteiger partial charge in [-0.25, -0.2) is 0 Å². The number of likely N-dealkylation sites (tertiary alicyclic amines) is 1. The van der Waals surface area contributed by atoms with Gasteiger partial charge in [-0.05, 0) is 42.0 Å². The fraction of sp³-hybridized carbons (Fsp3) is 0.651. The number of carboxylic acids is 2. The summed E-state index contributed by atoms with van der Waals surface area (Å²) in [6.07, 6.45) is 2.16. The number of benzene rings is 1. The Hall–Kier alpha value is -4.96. The summed E-state index contributed by atoms with van der Waals surface area (Å²) in [5.41, 5.74) is 0.869. The number of carboxylic acid groups (broad SMARTS) is 2. The summed E-state index contributed by atoms with van der Waals surface area (Å²) < 4.78 is 5.57. The summed E-state index contributed by atoms with van der Waals surface area (Å²) >= 11 is 1.51. The minimum absolute atomic E-state index is 0.0110. The topological polar surface area (TPSA) is 256 Å². The summed E-state index contributed by atoms with van der Waals surface area (Å²) in [6.45, 7) is 6.85. The second kappa shape index (κ2) is 25.5. The number of nitrogens with one attached hydrogen (secondary N) is 3. The van der Waals surface area contributed by atoms with Gasteiger partial charge in [0.05, 0.1) is 38.8 Å². The Bertz CT molecular complexity index is 1850. The molecule has 5 atom stereocenters. The lowest BCUT2D eigenvalue weighted by Crippen LogP contribution is -2.51. The van der Waals surface area contributed by atoms with E-state index in [0.29, 0.717) is 37.2 Å². The molecule has 2 unspecified atom stereocenters. The predicted molar refractivity (Wildman–Crippen MR) is 235 cm³/mol. The smallest absolute Gasteiger partial charge is 0.321 e. The molecule has 0 saturated carbocycles. The first-order valence-electron chi connectivity index (χ1n) is 21.8. The molecule has 3 saturated heterocycles. The highest BCUT2D eigenvalue weighted by molar-refractivity contribution is 7.98. The predicted octanol–water partition coefficient (Wildman–Crippen LogP) is -0.439. The third-order valence-corrected chi connectivity index (χ3v) is 12.5. The zero-order valence-corrected chi connectivity index (χ0v) is 38.1. The van der Waals surface area contributed by atoms with E-state index in [4.69, 9.17) is 4.74 Å². The van der Waals surface area contributed by atoms with E-state index in [1.807, 2.05) is 20.1 Å². The highest BCUT2D eigenvalue weighted by atomic mass is 32.2. The average Bonchev–Trinajstić information content (AvgIpc) is 3.72. The van der Waals surface area contributed by atoms with Crippen LogP contribution in [0.2, 0.25) is 0 Å². The van der Waals surface area contributed by atoms with Gasteiger partial charge in [-0.3, -0.25) is 67.7 Å². The number of imide groups is 1. The van der Waals surface area contributed by atoms with E-state index in [1.165, 1.54) is 11.8 Å². The first kappa shape index (κ1) is 51.7. The molecule has 3 aliphatic rings. The number of hydrogen-bond acceptors (Lipinski definition) is 15. The van der Waals surface area contributed by atoms with E-state index in [0.717, 1.165) is 4.90 Å². The Morgan fingerprint density at radius 2 is 1.56 bits per heavy atom. The van der Waals surface area contributed by atoms with E-state index in [-0.39, 0.29) is 132 Å². The van der Waals surface area contributed by atoms with Gasteiger partial charge in [-0.15, -0.1) is 0 Å². The summed E-state index contributed by atoms with van der Waals surface area (Å²) in [5, 5.41) is 27.5. The molecule has 3 aliphatic heterocycles. The largest absolute Gasteiger partial charge is 0.480 e. The lowest BCUT2D eigenvalue weighted by Gasteiger charge is -2.33. The second-order valence-electron chi connectivity index (χ2n) is 16.7. The molecule has 3 fully saturated rings. The van der Waals surface area contributed by atoms with Crippen LogP contribution in [0.1, 0.15) is 62.4 Å². The van der Waals surface area contributed by atoms with Crippen LogP contribution >= 0.6 is 11.8 Å². The molecule has 1 aromatic carbocycles. The molecule has 1 aromatic rings. The molecule has 0 bridgehead atoms. The van der Waals surface area contributed by atoms with Gasteiger partial charge < -0.3 is 30.9 Å². The molecule has 3 heterocycles. The Balaban J connectivity index is 1.37. The first-order valence-corrected chi connectivity index (χ1v) is 23.2. The number of carbonyl (C=O) groups is 9. The summed E-state index contributed by atoms with van der Waals surface area (Å²) in [4.78, 5) is 122. The van der Waals surface area contributed by atoms with Crippen molar-refractivity contribution in [3.63, 3.8) is 0 Å². The van der Waals surface area contributed by atoms with Gasteiger partial charge in [0.1, 0.15) is 0 Å². The molecule has 0 aliphatic carbocycles. The van der Waals surface area contributed by atoms with Gasteiger partial charge in [-0.2, -0.15) is 11.8 Å². The third-order valence-electron chi connectivity index (χ3n) is 11.9. The zero-order chi connectivity index (χ0) is 46.9. The van der Waals surface area contributed by atoms with Crippen LogP contribution in [0, 0.1) is 17.8 Å². The first-order chi connectivity index (χ1) is 30.5. The number of fused-ring (bicyclic) bond motifs is 1. The number of nitrogens with zero attached hydrogens (tertiary/aromatic N) is 5. The maximum Gasteiger partial charge on any atom is 0.321 e. The maximum atomic E-state index is 13.8. The van der Waals surface area contributed by atoms with Crippen molar-refractivity contribution >= 4 is 65.0 Å². The Morgan fingerprint density at radius 3 is 2.17 bits per heavy atom. The average molecular weight is 917 g/mol. The number of rotatable bonds is 22. The normalized spacial score (nSPS) is 20.9. The van der Waals surface area contributed by atoms with Crippen LogP contribution in [0.3, 0.4) is 0 Å². The van der Waals surface area contributed by atoms with E-state index in [1.54, 1.807) is 50.8 Å². The number of ketones is 1. The van der Waals surface area contributed by atoms with Crippen molar-refractivity contribution in [3.05, 3.63) is 35.4 Å². The molecule has 4 rings (SSSR count). The van der Waals surface area contributed by atoms with Crippen LogP contribution in [-0.2, 0) is 49.6 Å². The van der Waals surface area contributed by atoms with Gasteiger partial charge in [0.15, 0.2) is 12.0 Å². The number of thioether (sulfide) groups is 1. The van der Waals surface area contributed by atoms with E-state index < -0.39 is 47.9 Å². The van der Waals surface area contributed by atoms with Crippen LogP contribution in [-0.4, -0.2) is 197 Å². The molecular formula is C43H64N8O12S. The number of amides is 5. The number of carbonyl (C=O) groups excluding carboxylic acids is 7. The number of ether oxygens (including phenoxy) is 1. The van der Waals surface area contributed by atoms with Crippen molar-refractivity contribution < 1.29 is 58.1 Å². The van der Waals surface area contributed by atoms with Crippen LogP contribution < -0.4 is 16.0 Å². The number of Topliss-reactive ketones (excluding diaryl/α,β-unsaturated/α-hetero) is 1. The Morgan fingerprint density at radius 1 is 0.906 bits per heavy atom. The molecule has 0 radical (unpaired) electrons. The molecule has 5 amide bonds. The quantitative estimate of drug-likeness (QED) is 0.0730. The van der Waals surface area contributed by atoms with E-state index >= 15 is 0 Å². The molecule has 5 N–H and O–H groups in total. The minimum Gasteiger partial charge on any atom is -0.480 e. The lowest BCUT2D eigenvalue weighted by atomic mass is 9.85. The van der Waals surface area contributed by atoms with Crippen molar-refractivity contribution in [1.82, 2.24) is 40.4 Å². The number of esters is 1. The second-order valence-corrected chi connectivity index (χ2v) is 17.7. The monoisotopic (exact) mass is 916 g/mol. The van der Waals surface area contributed by atoms with Crippen molar-refractivity contribution in [2.45, 2.75) is 65.3 Å². The zero-order valence-electron chi connectivity index (χ0n) is 37.3. The van der Waals surface area contributed by atoms with Crippen LogP contribution in [0.25, 0.3) is 0 Å². The third kappa shape index (κ3) is 16.2. The Kier molecular flexibility index (Phi) is 20.6. The van der Waals surface area contributed by atoms with Crippen molar-refractivity contribution in [2.24, 2.45) is 17.8 Å². The number of aliphatic carboxylic acids is 2. The SMILES string of the molecule is CC[C@H](C)[C@H](CC(=O)[C@H](CCSC)NC(=O)c1cccc(CNC(=O)CN2CCN(CC(=O)O)CCN(CC(=O)O)CCN3CC(=O)OC3C2)c1)C(=O)NCCN1C(=O)CC(C)C1=O. The van der Waals surface area contributed by atoms with Crippen molar-refractivity contribution in [1.29, 1.82) is 0 Å². The molecular weight excluding hydrogens is 853 g/mol. The van der Waals surface area contributed by atoms with E-state index in [9.17, 15) is 53.4 Å². The Labute approximate surface area is 378 Å². The van der Waals surface area contributed by atoms with Gasteiger partial charge in [-0.1, -0.05) is 39.3 Å². The maximum absolute atomic E-state index is 13.8. The molecule has 21 heteroatoms. The standard InChI is InChI=1S/C43H64N8O12S/c1-5-28(2)32(42(61)44-10-11-51-36(54)19-29(3)43(51)62)21-34(52)33(9-18-64-4)46-41(60)31-8-6-7-30(20-31)22-45-35(53)23-49-15-14-47(25-38(55)56)12-13-48(26-39(57)58)16-17-50-27-40(59)63-37(50)24-49/h6-8,20,28-29,32-33,37H,5,9-19,21-27H2,1-4H3,(H,44,61)(H,45,53)(H,46,60)(H,55,56)(H,57,58)/t28-,29?,32-,33-,37?/m0/s1. The molecule has 64 heavy (non-hydrogen) atoms. The van der Waals surface area contributed by atoms with Crippen molar-refractivity contribution in [2.75, 3.05) is 97.1 Å². The molecule has 0 aromatic heterocycles. The van der Waals surface area contributed by atoms with Gasteiger partial charge in [0.25, 0.3) is 5.91 Å². The molecule has 0 spiro atoms. The molecule has 20 nitrogen and oxygen atoms in total. The van der Waals surface area contributed by atoms with Crippen molar-refractivity contribution in [3.8, 4) is 0 Å². The molecule has 354 valence electrons. The van der Waals surface area contributed by atoms with Crippen LogP contribution in [0.5, 0.6) is 0 Å². The minimum atomic E-state index is -1.05. The van der Waals surface area contributed by atoms with Gasteiger partial charge in [0.2, 0.25) is 23.6 Å². The van der Waals surface area contributed by atoms with Crippen LogP contribution in [0.4, 0.5) is 0 Å². The highest BCUT2D eigenvalue weighted by Crippen LogP contribution is 2.23. The lowest BCUT2D eigenvalue weighted by molar-refractivity contribution is -0.143. The highest BCUT2D eigenvalue weighted by Gasteiger charge is 2.37. The summed E-state index contributed by atoms with van der Waals surface area (Å²) in [7, 11) is 0. The van der Waals surface area contributed by atoms with Crippen LogP contribution in [0.15, 0.2) is 24.3 Å². The fourth-order valence-corrected chi connectivity index (χ4v) is 8.37. The summed E-state index contributed by atoms with van der Waals surface area (Å²) in [5.74, 6) is -5.29.